The summed E-state index contributed by atoms with van der Waals surface area (Å²) in [5.74, 6) is -0.0386. The summed E-state index contributed by atoms with van der Waals surface area (Å²) >= 11 is 0. The predicted octanol–water partition coefficient (Wildman–Crippen LogP) is 1.43. The highest BCUT2D eigenvalue weighted by molar-refractivity contribution is 5.28. The maximum atomic E-state index is 11.9. The standard InChI is InChI=1S/C9H13F3N2O2/c1-6-7(2)14(3-4-15)13-8(6)16-5-9(10,11)12/h15H,3-5H2,1-2H3. The van der Waals surface area contributed by atoms with Gasteiger partial charge in [-0.05, 0) is 13.8 Å². The van der Waals surface area contributed by atoms with Crippen molar-refractivity contribution in [2.45, 2.75) is 26.6 Å². The van der Waals surface area contributed by atoms with Crippen molar-refractivity contribution < 1.29 is 23.0 Å². The summed E-state index contributed by atoms with van der Waals surface area (Å²) in [4.78, 5) is 0. The number of ether oxygens (including phenoxy) is 1. The van der Waals surface area contributed by atoms with Gasteiger partial charge in [0.05, 0.1) is 13.2 Å². The quantitative estimate of drug-likeness (QED) is 0.863. The molecule has 0 saturated carbocycles. The van der Waals surface area contributed by atoms with Gasteiger partial charge in [-0.25, -0.2) is 0 Å². The number of aliphatic hydroxyl groups is 1. The molecular weight excluding hydrogens is 225 g/mol. The second-order valence-electron chi connectivity index (χ2n) is 3.37. The van der Waals surface area contributed by atoms with Crippen molar-refractivity contribution in [1.82, 2.24) is 9.78 Å². The maximum absolute atomic E-state index is 11.9. The Balaban J connectivity index is 2.77. The highest BCUT2D eigenvalue weighted by Gasteiger charge is 2.29. The van der Waals surface area contributed by atoms with Gasteiger partial charge in [0.25, 0.3) is 0 Å². The van der Waals surface area contributed by atoms with E-state index in [1.807, 2.05) is 0 Å². The van der Waals surface area contributed by atoms with Gasteiger partial charge in [-0.3, -0.25) is 4.68 Å². The summed E-state index contributed by atoms with van der Waals surface area (Å²) in [6.45, 7) is 2.09. The molecule has 0 amide bonds. The zero-order chi connectivity index (χ0) is 12.3. The summed E-state index contributed by atoms with van der Waals surface area (Å²) < 4.78 is 41.8. The van der Waals surface area contributed by atoms with E-state index in [2.05, 4.69) is 9.84 Å². The SMILES string of the molecule is Cc1c(OCC(F)(F)F)nn(CCO)c1C. The highest BCUT2D eigenvalue weighted by Crippen LogP contribution is 2.22. The van der Waals surface area contributed by atoms with Gasteiger partial charge in [0.1, 0.15) is 0 Å². The molecule has 0 radical (unpaired) electrons. The fourth-order valence-electron chi connectivity index (χ4n) is 1.21. The zero-order valence-electron chi connectivity index (χ0n) is 9.01. The Hall–Kier alpha value is -1.24. The molecule has 1 aromatic heterocycles. The number of nitrogens with zero attached hydrogens (tertiary/aromatic N) is 2. The summed E-state index contributed by atoms with van der Waals surface area (Å²) in [6, 6.07) is 0. The lowest BCUT2D eigenvalue weighted by Crippen LogP contribution is -2.19. The van der Waals surface area contributed by atoms with Crippen molar-refractivity contribution in [3.8, 4) is 5.88 Å². The van der Waals surface area contributed by atoms with Crippen molar-refractivity contribution >= 4 is 0 Å². The molecule has 16 heavy (non-hydrogen) atoms. The average molecular weight is 238 g/mol. The Bertz CT molecular complexity index is 360. The fraction of sp³-hybridized carbons (Fsp3) is 0.667. The molecule has 7 heteroatoms. The van der Waals surface area contributed by atoms with Gasteiger partial charge in [-0.2, -0.15) is 13.2 Å². The van der Waals surface area contributed by atoms with E-state index in [-0.39, 0.29) is 19.0 Å². The van der Waals surface area contributed by atoms with Gasteiger partial charge < -0.3 is 9.84 Å². The van der Waals surface area contributed by atoms with Crippen molar-refractivity contribution in [3.05, 3.63) is 11.3 Å². The number of aromatic nitrogens is 2. The van der Waals surface area contributed by atoms with Gasteiger partial charge in [-0.15, -0.1) is 5.10 Å². The molecule has 1 aromatic rings. The van der Waals surface area contributed by atoms with Crippen LogP contribution in [-0.4, -0.2) is 34.3 Å². The molecule has 0 unspecified atom stereocenters. The molecule has 92 valence electrons. The van der Waals surface area contributed by atoms with E-state index in [0.29, 0.717) is 11.3 Å². The van der Waals surface area contributed by atoms with Crippen molar-refractivity contribution in [2.75, 3.05) is 13.2 Å². The van der Waals surface area contributed by atoms with Gasteiger partial charge in [0.15, 0.2) is 6.61 Å². The molecule has 1 N–H and O–H groups in total. The number of aliphatic hydroxyl groups excluding tert-OH is 1. The number of hydrogen-bond donors (Lipinski definition) is 1. The normalized spacial score (nSPS) is 11.9. The maximum Gasteiger partial charge on any atom is 0.422 e. The van der Waals surface area contributed by atoms with Crippen LogP contribution in [0.3, 0.4) is 0 Å². The zero-order valence-corrected chi connectivity index (χ0v) is 9.01. The second kappa shape index (κ2) is 4.73. The smallest absolute Gasteiger partial charge is 0.422 e. The molecule has 1 heterocycles. The lowest BCUT2D eigenvalue weighted by Gasteiger charge is -2.06. The molecule has 0 saturated heterocycles. The molecule has 4 nitrogen and oxygen atoms in total. The summed E-state index contributed by atoms with van der Waals surface area (Å²) in [5, 5.41) is 12.6. The van der Waals surface area contributed by atoms with Crippen molar-refractivity contribution in [3.63, 3.8) is 0 Å². The second-order valence-corrected chi connectivity index (χ2v) is 3.37. The molecule has 0 fully saturated rings. The van der Waals surface area contributed by atoms with Crippen LogP contribution in [0.2, 0.25) is 0 Å². The first-order valence-electron chi connectivity index (χ1n) is 4.69. The third kappa shape index (κ3) is 3.13. The Morgan fingerprint density at radius 1 is 1.38 bits per heavy atom. The minimum absolute atomic E-state index is 0.0386. The van der Waals surface area contributed by atoms with Crippen LogP contribution < -0.4 is 4.74 Å². The third-order valence-corrected chi connectivity index (χ3v) is 2.15. The lowest BCUT2D eigenvalue weighted by molar-refractivity contribution is -0.154. The number of halogens is 3. The van der Waals surface area contributed by atoms with Crippen LogP contribution in [-0.2, 0) is 6.54 Å². The lowest BCUT2D eigenvalue weighted by atomic mass is 10.3. The van der Waals surface area contributed by atoms with E-state index in [4.69, 9.17) is 5.11 Å². The minimum Gasteiger partial charge on any atom is -0.467 e. The van der Waals surface area contributed by atoms with Crippen molar-refractivity contribution in [2.24, 2.45) is 0 Å². The minimum atomic E-state index is -4.37. The van der Waals surface area contributed by atoms with Crippen LogP contribution in [0.5, 0.6) is 5.88 Å². The van der Waals surface area contributed by atoms with Crippen LogP contribution in [0, 0.1) is 13.8 Å². The molecule has 0 aliphatic carbocycles. The fourth-order valence-corrected chi connectivity index (χ4v) is 1.21. The summed E-state index contributed by atoms with van der Waals surface area (Å²) in [5.41, 5.74) is 1.24. The number of hydrogen-bond acceptors (Lipinski definition) is 3. The Kier molecular flexibility index (Phi) is 3.79. The number of rotatable bonds is 4. The van der Waals surface area contributed by atoms with Gasteiger partial charge in [0.2, 0.25) is 5.88 Å². The van der Waals surface area contributed by atoms with E-state index in [9.17, 15) is 13.2 Å². The van der Waals surface area contributed by atoms with E-state index in [1.165, 1.54) is 4.68 Å². The van der Waals surface area contributed by atoms with Crippen LogP contribution in [0.4, 0.5) is 13.2 Å². The van der Waals surface area contributed by atoms with Gasteiger partial charge in [0, 0.05) is 11.3 Å². The summed E-state index contributed by atoms with van der Waals surface area (Å²) in [7, 11) is 0. The Morgan fingerprint density at radius 2 is 2.00 bits per heavy atom. The Labute approximate surface area is 90.6 Å². The largest absolute Gasteiger partial charge is 0.467 e. The first-order chi connectivity index (χ1) is 7.35. The van der Waals surface area contributed by atoms with E-state index in [0.717, 1.165) is 0 Å². The Morgan fingerprint density at radius 3 is 2.50 bits per heavy atom. The average Bonchev–Trinajstić information content (AvgIpc) is 2.43. The van der Waals surface area contributed by atoms with E-state index < -0.39 is 12.8 Å². The predicted molar refractivity (Wildman–Crippen MR) is 50.3 cm³/mol. The third-order valence-electron chi connectivity index (χ3n) is 2.15. The highest BCUT2D eigenvalue weighted by atomic mass is 19.4. The first kappa shape index (κ1) is 12.8. The number of alkyl halides is 3. The summed E-state index contributed by atoms with van der Waals surface area (Å²) in [6.07, 6.45) is -4.37. The molecule has 0 atom stereocenters. The van der Waals surface area contributed by atoms with Crippen molar-refractivity contribution in [1.29, 1.82) is 0 Å². The molecule has 0 aliphatic heterocycles. The molecular formula is C9H13F3N2O2. The van der Waals surface area contributed by atoms with E-state index >= 15 is 0 Å². The molecule has 0 spiro atoms. The van der Waals surface area contributed by atoms with Crippen LogP contribution in [0.25, 0.3) is 0 Å². The topological polar surface area (TPSA) is 47.3 Å². The van der Waals surface area contributed by atoms with Gasteiger partial charge >= 0.3 is 6.18 Å². The van der Waals surface area contributed by atoms with Gasteiger partial charge in [-0.1, -0.05) is 0 Å². The first-order valence-corrected chi connectivity index (χ1v) is 4.69. The monoisotopic (exact) mass is 238 g/mol. The molecule has 0 aromatic carbocycles. The molecule has 0 aliphatic rings. The molecule has 1 rings (SSSR count). The van der Waals surface area contributed by atoms with Crippen LogP contribution >= 0.6 is 0 Å². The molecule has 0 bridgehead atoms. The van der Waals surface area contributed by atoms with E-state index in [1.54, 1.807) is 13.8 Å². The van der Waals surface area contributed by atoms with Crippen LogP contribution in [0.1, 0.15) is 11.3 Å². The van der Waals surface area contributed by atoms with Crippen LogP contribution in [0.15, 0.2) is 0 Å².